The molecule has 9 heteroatoms. The number of nitrogens with one attached hydrogen (secondary N) is 1. The first-order chi connectivity index (χ1) is 15.2. The molecule has 0 spiro atoms. The predicted octanol–water partition coefficient (Wildman–Crippen LogP) is 1.53. The molecular weight excluding hydrogens is 412 g/mol. The molecule has 2 aromatic carbocycles. The Morgan fingerprint density at radius 2 is 1.78 bits per heavy atom. The molecule has 32 heavy (non-hydrogen) atoms. The Balaban J connectivity index is 1.64. The summed E-state index contributed by atoms with van der Waals surface area (Å²) in [4.78, 5) is 48.7. The van der Waals surface area contributed by atoms with Crippen molar-refractivity contribution in [1.29, 1.82) is 0 Å². The van der Waals surface area contributed by atoms with Gasteiger partial charge >= 0.3 is 5.97 Å². The Hall–Kier alpha value is -4.01. The van der Waals surface area contributed by atoms with Gasteiger partial charge in [-0.05, 0) is 43.5 Å². The van der Waals surface area contributed by atoms with Gasteiger partial charge in [0.25, 0.3) is 17.4 Å². The zero-order valence-electron chi connectivity index (χ0n) is 18.0. The zero-order valence-corrected chi connectivity index (χ0v) is 18.0. The van der Waals surface area contributed by atoms with Crippen molar-refractivity contribution in [1.82, 2.24) is 15.1 Å². The second kappa shape index (κ2) is 9.42. The number of hydrogen-bond acceptors (Lipinski definition) is 6. The Bertz CT molecular complexity index is 1260. The van der Waals surface area contributed by atoms with Crippen LogP contribution >= 0.6 is 0 Å². The first-order valence-electron chi connectivity index (χ1n) is 9.99. The molecule has 2 amide bonds. The molecule has 1 aromatic heterocycles. The van der Waals surface area contributed by atoms with E-state index in [1.807, 2.05) is 39.0 Å². The van der Waals surface area contributed by atoms with E-state index in [1.165, 1.54) is 6.07 Å². The molecule has 0 aliphatic carbocycles. The summed E-state index contributed by atoms with van der Waals surface area (Å²) in [5.74, 6) is -2.16. The van der Waals surface area contributed by atoms with Gasteiger partial charge in [0.05, 0.1) is 11.4 Å². The number of fused-ring (bicyclic) bond motifs is 1. The Morgan fingerprint density at radius 3 is 2.44 bits per heavy atom. The maximum Gasteiger partial charge on any atom is 0.328 e. The van der Waals surface area contributed by atoms with Crippen LogP contribution in [-0.4, -0.2) is 34.2 Å². The normalized spacial score (nSPS) is 11.7. The third-order valence-corrected chi connectivity index (χ3v) is 5.15. The van der Waals surface area contributed by atoms with Crippen LogP contribution in [0.25, 0.3) is 10.8 Å². The minimum absolute atomic E-state index is 0.132. The van der Waals surface area contributed by atoms with Crippen LogP contribution in [0.3, 0.4) is 0 Å². The molecule has 1 unspecified atom stereocenters. The summed E-state index contributed by atoms with van der Waals surface area (Å²) in [5, 5.41) is 7.16. The van der Waals surface area contributed by atoms with E-state index in [0.29, 0.717) is 5.39 Å². The lowest BCUT2D eigenvalue weighted by molar-refractivity contribution is -0.149. The molecule has 0 aliphatic heterocycles. The summed E-state index contributed by atoms with van der Waals surface area (Å²) in [7, 11) is 0. The molecule has 0 radical (unpaired) electrons. The molecule has 0 saturated heterocycles. The summed E-state index contributed by atoms with van der Waals surface area (Å²) in [6, 6.07) is 11.9. The molecular formula is C23H24N4O5. The number of aromatic nitrogens is 2. The van der Waals surface area contributed by atoms with Crippen molar-refractivity contribution in [2.75, 3.05) is 6.61 Å². The smallest absolute Gasteiger partial charge is 0.328 e. The minimum atomic E-state index is -0.848. The molecule has 0 saturated carbocycles. The van der Waals surface area contributed by atoms with Gasteiger partial charge in [-0.2, -0.15) is 5.10 Å². The lowest BCUT2D eigenvalue weighted by Gasteiger charge is -2.16. The fourth-order valence-electron chi connectivity index (χ4n) is 3.24. The molecule has 9 nitrogen and oxygen atoms in total. The van der Waals surface area contributed by atoms with Crippen LogP contribution in [0.1, 0.15) is 40.1 Å². The van der Waals surface area contributed by atoms with Crippen LogP contribution in [0.2, 0.25) is 0 Å². The van der Waals surface area contributed by atoms with E-state index >= 15 is 0 Å². The number of rotatable bonds is 7. The van der Waals surface area contributed by atoms with Crippen LogP contribution in [0.15, 0.2) is 47.3 Å². The van der Waals surface area contributed by atoms with Crippen LogP contribution in [0, 0.1) is 13.8 Å². The molecule has 166 valence electrons. The van der Waals surface area contributed by atoms with Gasteiger partial charge in [0.1, 0.15) is 6.54 Å². The fourth-order valence-corrected chi connectivity index (χ4v) is 3.24. The molecule has 1 atom stereocenters. The molecule has 3 aromatic rings. The van der Waals surface area contributed by atoms with Crippen LogP contribution in [-0.2, 0) is 20.9 Å². The highest BCUT2D eigenvalue weighted by atomic mass is 16.5. The van der Waals surface area contributed by atoms with E-state index in [0.717, 1.165) is 21.4 Å². The van der Waals surface area contributed by atoms with E-state index in [9.17, 15) is 19.2 Å². The van der Waals surface area contributed by atoms with Gasteiger partial charge in [-0.3, -0.25) is 19.2 Å². The van der Waals surface area contributed by atoms with E-state index in [2.05, 4.69) is 10.4 Å². The number of carbonyl (C=O) groups excluding carboxylic acids is 3. The first-order valence-corrected chi connectivity index (χ1v) is 9.99. The maximum atomic E-state index is 12.6. The van der Waals surface area contributed by atoms with Crippen molar-refractivity contribution in [3.63, 3.8) is 0 Å². The maximum absolute atomic E-state index is 12.6. The number of aryl methyl sites for hydroxylation is 2. The van der Waals surface area contributed by atoms with Crippen molar-refractivity contribution >= 4 is 28.6 Å². The summed E-state index contributed by atoms with van der Waals surface area (Å²) in [5.41, 5.74) is 7.84. The zero-order chi connectivity index (χ0) is 23.4. The highest BCUT2D eigenvalue weighted by Gasteiger charge is 2.17. The summed E-state index contributed by atoms with van der Waals surface area (Å²) < 4.78 is 5.79. The van der Waals surface area contributed by atoms with E-state index in [4.69, 9.17) is 10.5 Å². The van der Waals surface area contributed by atoms with Crippen LogP contribution in [0.5, 0.6) is 0 Å². The Labute approximate surface area is 184 Å². The van der Waals surface area contributed by atoms with Crippen molar-refractivity contribution in [3.8, 4) is 0 Å². The first kappa shape index (κ1) is 22.7. The topological polar surface area (TPSA) is 133 Å². The Morgan fingerprint density at radius 1 is 1.09 bits per heavy atom. The summed E-state index contributed by atoms with van der Waals surface area (Å²) in [6.45, 7) is 4.74. The number of ether oxygens (including phenoxy) is 1. The van der Waals surface area contributed by atoms with Gasteiger partial charge in [-0.25, -0.2) is 4.68 Å². The molecule has 3 N–H and O–H groups in total. The summed E-state index contributed by atoms with van der Waals surface area (Å²) in [6.07, 6.45) is 0. The summed E-state index contributed by atoms with van der Waals surface area (Å²) >= 11 is 0. The van der Waals surface area contributed by atoms with Crippen LogP contribution in [0.4, 0.5) is 0 Å². The van der Waals surface area contributed by atoms with E-state index in [1.54, 1.807) is 18.2 Å². The van der Waals surface area contributed by atoms with Crippen molar-refractivity contribution in [3.05, 3.63) is 75.2 Å². The quantitative estimate of drug-likeness (QED) is 0.540. The van der Waals surface area contributed by atoms with Crippen molar-refractivity contribution in [2.45, 2.75) is 33.4 Å². The van der Waals surface area contributed by atoms with E-state index < -0.39 is 36.5 Å². The molecule has 0 bridgehead atoms. The van der Waals surface area contributed by atoms with Crippen molar-refractivity contribution in [2.24, 2.45) is 5.73 Å². The average Bonchev–Trinajstić information content (AvgIpc) is 2.76. The minimum Gasteiger partial charge on any atom is -0.454 e. The SMILES string of the molecule is Cc1ccc(C(C)NC(=O)COC(=O)Cn2nc(C(N)=O)c3ccccc3c2=O)cc1C. The third-order valence-electron chi connectivity index (χ3n) is 5.15. The van der Waals surface area contributed by atoms with Gasteiger partial charge in [-0.1, -0.05) is 36.4 Å². The molecule has 1 heterocycles. The number of nitrogens with zero attached hydrogens (tertiary/aromatic N) is 2. The van der Waals surface area contributed by atoms with Gasteiger partial charge in [0.15, 0.2) is 12.3 Å². The molecule has 3 rings (SSSR count). The van der Waals surface area contributed by atoms with Gasteiger partial charge < -0.3 is 15.8 Å². The number of amides is 2. The lowest BCUT2D eigenvalue weighted by atomic mass is 10.0. The largest absolute Gasteiger partial charge is 0.454 e. The Kier molecular flexibility index (Phi) is 6.67. The van der Waals surface area contributed by atoms with Gasteiger partial charge in [-0.15, -0.1) is 0 Å². The van der Waals surface area contributed by atoms with Gasteiger partial charge in [0.2, 0.25) is 0 Å². The number of benzene rings is 2. The van der Waals surface area contributed by atoms with Crippen LogP contribution < -0.4 is 16.6 Å². The molecule has 0 fully saturated rings. The second-order valence-electron chi connectivity index (χ2n) is 7.51. The van der Waals surface area contributed by atoms with E-state index in [-0.39, 0.29) is 17.1 Å². The number of hydrogen-bond donors (Lipinski definition) is 2. The highest BCUT2D eigenvalue weighted by Crippen LogP contribution is 2.16. The monoisotopic (exact) mass is 436 g/mol. The number of nitrogens with two attached hydrogens (primary N) is 1. The second-order valence-corrected chi connectivity index (χ2v) is 7.51. The van der Waals surface area contributed by atoms with Gasteiger partial charge in [0, 0.05) is 5.39 Å². The average molecular weight is 436 g/mol. The fraction of sp³-hybridized carbons (Fsp3) is 0.261. The third kappa shape index (κ3) is 5.00. The number of carbonyl (C=O) groups is 3. The highest BCUT2D eigenvalue weighted by molar-refractivity contribution is 6.04. The lowest BCUT2D eigenvalue weighted by Crippen LogP contribution is -2.34. The number of esters is 1. The predicted molar refractivity (Wildman–Crippen MR) is 118 cm³/mol. The molecule has 0 aliphatic rings. The standard InChI is InChI=1S/C23H24N4O5/c1-13-8-9-16(10-14(13)2)15(3)25-19(28)12-32-20(29)11-27-23(31)18-7-5-4-6-17(18)21(26-27)22(24)30/h4-10,15H,11-12H2,1-3H3,(H2,24,30)(H,25,28). The number of primary amides is 1. The van der Waals surface area contributed by atoms with Crippen molar-refractivity contribution < 1.29 is 19.1 Å².